The van der Waals surface area contributed by atoms with Gasteiger partial charge in [-0.1, -0.05) is 11.6 Å². The van der Waals surface area contributed by atoms with Crippen LogP contribution in [0.3, 0.4) is 0 Å². The summed E-state index contributed by atoms with van der Waals surface area (Å²) >= 11 is 6.04. The zero-order valence-electron chi connectivity index (χ0n) is 7.61. The maximum Gasteiger partial charge on any atom is 0.162 e. The van der Waals surface area contributed by atoms with Crippen LogP contribution in [0.4, 0.5) is 0 Å². The Morgan fingerprint density at radius 2 is 1.86 bits per heavy atom. The summed E-state index contributed by atoms with van der Waals surface area (Å²) in [5.74, 6) is 0.602. The molecule has 0 amide bonds. The Kier molecular flexibility index (Phi) is 2.41. The fourth-order valence-electron chi connectivity index (χ4n) is 1.13. The SMILES string of the molecule is Cc1cc(Cl)c(-c2ncccn2)cn1. The molecule has 2 rings (SSSR count). The van der Waals surface area contributed by atoms with Crippen molar-refractivity contribution in [3.8, 4) is 11.4 Å². The molecule has 0 aromatic carbocycles. The van der Waals surface area contributed by atoms with Crippen molar-refractivity contribution in [3.63, 3.8) is 0 Å². The quantitative estimate of drug-likeness (QED) is 0.718. The number of nitrogens with zero attached hydrogens (tertiary/aromatic N) is 3. The fourth-order valence-corrected chi connectivity index (χ4v) is 1.42. The lowest BCUT2D eigenvalue weighted by Crippen LogP contribution is -1.90. The van der Waals surface area contributed by atoms with Crippen molar-refractivity contribution >= 4 is 11.6 Å². The number of aryl methyl sites for hydroxylation is 1. The first-order valence-corrected chi connectivity index (χ1v) is 4.55. The molecule has 0 aliphatic heterocycles. The van der Waals surface area contributed by atoms with Gasteiger partial charge in [0.1, 0.15) is 0 Å². The summed E-state index contributed by atoms with van der Waals surface area (Å²) in [4.78, 5) is 12.4. The minimum Gasteiger partial charge on any atom is -0.261 e. The lowest BCUT2D eigenvalue weighted by Gasteiger charge is -2.01. The van der Waals surface area contributed by atoms with Crippen LogP contribution in [0.2, 0.25) is 5.02 Å². The van der Waals surface area contributed by atoms with E-state index in [4.69, 9.17) is 11.6 Å². The Morgan fingerprint density at radius 3 is 2.50 bits per heavy atom. The van der Waals surface area contributed by atoms with Gasteiger partial charge in [-0.25, -0.2) is 9.97 Å². The lowest BCUT2D eigenvalue weighted by atomic mass is 10.2. The molecule has 2 heterocycles. The standard InChI is InChI=1S/C10H8ClN3/c1-7-5-9(11)8(6-14-7)10-12-3-2-4-13-10/h2-6H,1H3. The molecule has 0 atom stereocenters. The summed E-state index contributed by atoms with van der Waals surface area (Å²) in [7, 11) is 0. The second-order valence-corrected chi connectivity index (χ2v) is 3.29. The van der Waals surface area contributed by atoms with Crippen LogP contribution in [0, 0.1) is 6.92 Å². The molecule has 70 valence electrons. The van der Waals surface area contributed by atoms with Gasteiger partial charge >= 0.3 is 0 Å². The topological polar surface area (TPSA) is 38.7 Å². The Hall–Kier alpha value is -1.48. The van der Waals surface area contributed by atoms with Crippen LogP contribution in [0.15, 0.2) is 30.7 Å². The highest BCUT2D eigenvalue weighted by atomic mass is 35.5. The van der Waals surface area contributed by atoms with Gasteiger partial charge in [0.05, 0.1) is 10.6 Å². The van der Waals surface area contributed by atoms with Crippen molar-refractivity contribution in [1.82, 2.24) is 15.0 Å². The molecular formula is C10H8ClN3. The molecule has 0 N–H and O–H groups in total. The van der Waals surface area contributed by atoms with Crippen molar-refractivity contribution in [1.29, 1.82) is 0 Å². The average molecular weight is 206 g/mol. The Balaban J connectivity index is 2.53. The summed E-state index contributed by atoms with van der Waals surface area (Å²) < 4.78 is 0. The average Bonchev–Trinajstić information content (AvgIpc) is 2.19. The van der Waals surface area contributed by atoms with Crippen LogP contribution in [-0.4, -0.2) is 15.0 Å². The summed E-state index contributed by atoms with van der Waals surface area (Å²) in [6.45, 7) is 1.89. The zero-order chi connectivity index (χ0) is 9.97. The van der Waals surface area contributed by atoms with Crippen LogP contribution < -0.4 is 0 Å². The number of hydrogen-bond acceptors (Lipinski definition) is 3. The van der Waals surface area contributed by atoms with Gasteiger partial charge in [0.25, 0.3) is 0 Å². The third-order valence-corrected chi connectivity index (χ3v) is 2.11. The van der Waals surface area contributed by atoms with Crippen molar-refractivity contribution in [2.45, 2.75) is 6.92 Å². The van der Waals surface area contributed by atoms with E-state index in [0.29, 0.717) is 10.8 Å². The number of rotatable bonds is 1. The molecule has 2 aromatic heterocycles. The van der Waals surface area contributed by atoms with E-state index in [0.717, 1.165) is 11.3 Å². The predicted molar refractivity (Wildman–Crippen MR) is 55.0 cm³/mol. The van der Waals surface area contributed by atoms with E-state index in [9.17, 15) is 0 Å². The van der Waals surface area contributed by atoms with Gasteiger partial charge in [-0.3, -0.25) is 4.98 Å². The zero-order valence-corrected chi connectivity index (χ0v) is 8.36. The van der Waals surface area contributed by atoms with Gasteiger partial charge in [-0.2, -0.15) is 0 Å². The highest BCUT2D eigenvalue weighted by Gasteiger charge is 2.05. The summed E-state index contributed by atoms with van der Waals surface area (Å²) in [6.07, 6.45) is 5.05. The second-order valence-electron chi connectivity index (χ2n) is 2.88. The molecule has 0 spiro atoms. The third kappa shape index (κ3) is 1.72. The van der Waals surface area contributed by atoms with E-state index < -0.39 is 0 Å². The van der Waals surface area contributed by atoms with Gasteiger partial charge in [0, 0.05) is 24.3 Å². The second kappa shape index (κ2) is 3.72. The monoisotopic (exact) mass is 205 g/mol. The predicted octanol–water partition coefficient (Wildman–Crippen LogP) is 2.50. The van der Waals surface area contributed by atoms with Gasteiger partial charge in [0.15, 0.2) is 5.82 Å². The summed E-state index contributed by atoms with van der Waals surface area (Å²) in [5, 5.41) is 0.628. The van der Waals surface area contributed by atoms with E-state index in [1.54, 1.807) is 30.7 Å². The highest BCUT2D eigenvalue weighted by Crippen LogP contribution is 2.23. The molecule has 0 unspecified atom stereocenters. The minimum atomic E-state index is 0.602. The van der Waals surface area contributed by atoms with Crippen molar-refractivity contribution in [2.75, 3.05) is 0 Å². The first kappa shape index (κ1) is 9.09. The van der Waals surface area contributed by atoms with E-state index in [2.05, 4.69) is 15.0 Å². The molecule has 0 fully saturated rings. The Labute approximate surface area is 86.8 Å². The molecule has 0 saturated carbocycles. The van der Waals surface area contributed by atoms with E-state index in [1.807, 2.05) is 6.92 Å². The number of hydrogen-bond donors (Lipinski definition) is 0. The molecule has 0 bridgehead atoms. The molecule has 14 heavy (non-hydrogen) atoms. The van der Waals surface area contributed by atoms with Gasteiger partial charge < -0.3 is 0 Å². The first-order valence-electron chi connectivity index (χ1n) is 4.17. The molecule has 4 heteroatoms. The Bertz CT molecular complexity index is 442. The van der Waals surface area contributed by atoms with E-state index in [1.165, 1.54) is 0 Å². The van der Waals surface area contributed by atoms with E-state index in [-0.39, 0.29) is 0 Å². The van der Waals surface area contributed by atoms with Crippen molar-refractivity contribution < 1.29 is 0 Å². The van der Waals surface area contributed by atoms with Gasteiger partial charge in [-0.15, -0.1) is 0 Å². The lowest BCUT2D eigenvalue weighted by molar-refractivity contribution is 1.14. The van der Waals surface area contributed by atoms with Crippen molar-refractivity contribution in [3.05, 3.63) is 41.4 Å². The summed E-state index contributed by atoms with van der Waals surface area (Å²) in [6, 6.07) is 3.56. The third-order valence-electron chi connectivity index (χ3n) is 1.80. The molecule has 0 radical (unpaired) electrons. The molecular weight excluding hydrogens is 198 g/mol. The number of aromatic nitrogens is 3. The number of pyridine rings is 1. The Morgan fingerprint density at radius 1 is 1.14 bits per heavy atom. The largest absolute Gasteiger partial charge is 0.261 e. The normalized spacial score (nSPS) is 10.1. The van der Waals surface area contributed by atoms with Gasteiger partial charge in [0.2, 0.25) is 0 Å². The fraction of sp³-hybridized carbons (Fsp3) is 0.100. The molecule has 0 saturated heterocycles. The van der Waals surface area contributed by atoms with Crippen LogP contribution in [-0.2, 0) is 0 Å². The molecule has 3 nitrogen and oxygen atoms in total. The van der Waals surface area contributed by atoms with E-state index >= 15 is 0 Å². The first-order chi connectivity index (χ1) is 6.77. The molecule has 0 aliphatic carbocycles. The maximum atomic E-state index is 6.04. The van der Waals surface area contributed by atoms with Gasteiger partial charge in [-0.05, 0) is 19.1 Å². The van der Waals surface area contributed by atoms with Crippen LogP contribution in [0.25, 0.3) is 11.4 Å². The molecule has 2 aromatic rings. The maximum absolute atomic E-state index is 6.04. The van der Waals surface area contributed by atoms with Crippen LogP contribution in [0.1, 0.15) is 5.69 Å². The van der Waals surface area contributed by atoms with Crippen LogP contribution in [0.5, 0.6) is 0 Å². The minimum absolute atomic E-state index is 0.602. The summed E-state index contributed by atoms with van der Waals surface area (Å²) in [5.41, 5.74) is 1.65. The smallest absolute Gasteiger partial charge is 0.162 e. The highest BCUT2D eigenvalue weighted by molar-refractivity contribution is 6.33. The van der Waals surface area contributed by atoms with Crippen LogP contribution >= 0.6 is 11.6 Å². The van der Waals surface area contributed by atoms with Crippen molar-refractivity contribution in [2.24, 2.45) is 0 Å². The number of halogens is 1. The molecule has 0 aliphatic rings.